The van der Waals surface area contributed by atoms with Gasteiger partial charge < -0.3 is 20.6 Å². The number of amides is 2. The van der Waals surface area contributed by atoms with Crippen LogP contribution >= 0.6 is 0 Å². The molecule has 2 heterocycles. The van der Waals surface area contributed by atoms with Crippen molar-refractivity contribution in [2.24, 2.45) is 5.92 Å². The zero-order chi connectivity index (χ0) is 16.7. The average molecular weight is 320 g/mol. The van der Waals surface area contributed by atoms with E-state index in [0.717, 1.165) is 30.9 Å². The maximum atomic E-state index is 11.7. The second-order valence-corrected chi connectivity index (χ2v) is 6.24. The number of hydrogen-bond acceptors (Lipinski definition) is 4. The smallest absolute Gasteiger partial charge is 0.315 e. The first kappa shape index (κ1) is 17.5. The quantitative estimate of drug-likeness (QED) is 0.717. The van der Waals surface area contributed by atoms with Crippen LogP contribution in [0.4, 0.5) is 10.6 Å². The van der Waals surface area contributed by atoms with Crippen LogP contribution in [-0.2, 0) is 6.54 Å². The molecule has 0 radical (unpaired) electrons. The van der Waals surface area contributed by atoms with Crippen LogP contribution in [0.5, 0.6) is 0 Å². The van der Waals surface area contributed by atoms with E-state index >= 15 is 0 Å². The predicted octanol–water partition coefficient (Wildman–Crippen LogP) is 1.89. The third-order valence-corrected chi connectivity index (χ3v) is 4.46. The van der Waals surface area contributed by atoms with E-state index in [4.69, 9.17) is 0 Å². The summed E-state index contributed by atoms with van der Waals surface area (Å²) in [5.41, 5.74) is 0.963. The molecule has 2 atom stereocenters. The number of aromatic nitrogens is 1. The molecule has 1 aromatic rings. The maximum Gasteiger partial charge on any atom is 0.315 e. The van der Waals surface area contributed by atoms with Crippen molar-refractivity contribution in [1.29, 1.82) is 0 Å². The van der Waals surface area contributed by atoms with Gasteiger partial charge in [0, 0.05) is 32.4 Å². The highest BCUT2D eigenvalue weighted by Gasteiger charge is 2.14. The topological polar surface area (TPSA) is 77.5 Å². The molecule has 1 aromatic heterocycles. The van der Waals surface area contributed by atoms with Gasteiger partial charge in [-0.05, 0) is 30.4 Å². The number of aliphatic hydroxyl groups is 1. The van der Waals surface area contributed by atoms with Crippen LogP contribution < -0.4 is 15.5 Å². The maximum absolute atomic E-state index is 11.7. The molecule has 6 nitrogen and oxygen atoms in total. The molecule has 2 amide bonds. The third-order valence-electron chi connectivity index (χ3n) is 4.46. The van der Waals surface area contributed by atoms with Crippen molar-refractivity contribution in [3.8, 4) is 0 Å². The van der Waals surface area contributed by atoms with E-state index in [0.29, 0.717) is 6.54 Å². The molecular formula is C17H28N4O2. The minimum Gasteiger partial charge on any atom is -0.391 e. The highest BCUT2D eigenvalue weighted by Crippen LogP contribution is 2.17. The largest absolute Gasteiger partial charge is 0.391 e. The Morgan fingerprint density at radius 2 is 2.09 bits per heavy atom. The summed E-state index contributed by atoms with van der Waals surface area (Å²) in [5, 5.41) is 15.3. The molecule has 1 aliphatic rings. The number of aliphatic hydroxyl groups excluding tert-OH is 1. The van der Waals surface area contributed by atoms with Gasteiger partial charge in [-0.15, -0.1) is 0 Å². The summed E-state index contributed by atoms with van der Waals surface area (Å²) in [6.07, 6.45) is 4.65. The van der Waals surface area contributed by atoms with Crippen molar-refractivity contribution in [2.75, 3.05) is 24.5 Å². The SMILES string of the molecule is CCC(C)C(O)CNC(=O)NCc1ccc(N2CCCC2)nc1. The minimum atomic E-state index is -0.507. The normalized spacial score (nSPS) is 16.9. The van der Waals surface area contributed by atoms with Crippen molar-refractivity contribution in [1.82, 2.24) is 15.6 Å². The second kappa shape index (κ2) is 8.72. The van der Waals surface area contributed by atoms with E-state index in [1.807, 2.05) is 32.2 Å². The van der Waals surface area contributed by atoms with Crippen molar-refractivity contribution >= 4 is 11.8 Å². The molecule has 128 valence electrons. The molecule has 2 unspecified atom stereocenters. The van der Waals surface area contributed by atoms with E-state index < -0.39 is 6.10 Å². The van der Waals surface area contributed by atoms with E-state index in [9.17, 15) is 9.90 Å². The Labute approximate surface area is 138 Å². The Balaban J connectivity index is 1.71. The zero-order valence-electron chi connectivity index (χ0n) is 14.1. The molecule has 1 fully saturated rings. The van der Waals surface area contributed by atoms with E-state index in [-0.39, 0.29) is 18.5 Å². The molecule has 0 saturated carbocycles. The van der Waals surface area contributed by atoms with E-state index in [2.05, 4.69) is 20.5 Å². The summed E-state index contributed by atoms with van der Waals surface area (Å²) in [4.78, 5) is 18.5. The Kier molecular flexibility index (Phi) is 6.65. The highest BCUT2D eigenvalue weighted by molar-refractivity contribution is 5.73. The lowest BCUT2D eigenvalue weighted by atomic mass is 10.0. The molecule has 23 heavy (non-hydrogen) atoms. The lowest BCUT2D eigenvalue weighted by Gasteiger charge is -2.18. The number of hydrogen-bond donors (Lipinski definition) is 3. The fourth-order valence-corrected chi connectivity index (χ4v) is 2.57. The first-order chi connectivity index (χ1) is 11.1. The molecule has 1 aliphatic heterocycles. The summed E-state index contributed by atoms with van der Waals surface area (Å²) < 4.78 is 0. The Morgan fingerprint density at radius 3 is 2.70 bits per heavy atom. The number of anilines is 1. The molecule has 2 rings (SSSR count). The average Bonchev–Trinajstić information content (AvgIpc) is 3.12. The number of pyridine rings is 1. The van der Waals surface area contributed by atoms with E-state index in [1.54, 1.807) is 0 Å². The summed E-state index contributed by atoms with van der Waals surface area (Å²) in [6.45, 7) is 6.84. The van der Waals surface area contributed by atoms with Gasteiger partial charge in [0.15, 0.2) is 0 Å². The van der Waals surface area contributed by atoms with Crippen molar-refractivity contribution < 1.29 is 9.90 Å². The Morgan fingerprint density at radius 1 is 1.35 bits per heavy atom. The van der Waals surface area contributed by atoms with Gasteiger partial charge >= 0.3 is 6.03 Å². The minimum absolute atomic E-state index is 0.178. The number of nitrogens with one attached hydrogen (secondary N) is 2. The van der Waals surface area contributed by atoms with Gasteiger partial charge in [0.1, 0.15) is 5.82 Å². The molecule has 0 aliphatic carbocycles. The van der Waals surface area contributed by atoms with Gasteiger partial charge in [-0.3, -0.25) is 0 Å². The fourth-order valence-electron chi connectivity index (χ4n) is 2.57. The first-order valence-electron chi connectivity index (χ1n) is 8.49. The van der Waals surface area contributed by atoms with Gasteiger partial charge in [-0.2, -0.15) is 0 Å². The summed E-state index contributed by atoms with van der Waals surface area (Å²) in [6, 6.07) is 3.73. The van der Waals surface area contributed by atoms with Gasteiger partial charge in [0.05, 0.1) is 6.10 Å². The van der Waals surface area contributed by atoms with Crippen LogP contribution in [0, 0.1) is 5.92 Å². The van der Waals surface area contributed by atoms with Crippen LogP contribution in [0.2, 0.25) is 0 Å². The van der Waals surface area contributed by atoms with Crippen LogP contribution in [0.15, 0.2) is 18.3 Å². The number of carbonyl (C=O) groups excluding carboxylic acids is 1. The van der Waals surface area contributed by atoms with Gasteiger partial charge in [-0.1, -0.05) is 26.3 Å². The number of carbonyl (C=O) groups is 1. The number of nitrogens with zero attached hydrogens (tertiary/aromatic N) is 2. The summed E-state index contributed by atoms with van der Waals surface area (Å²) >= 11 is 0. The van der Waals surface area contributed by atoms with Crippen LogP contribution in [-0.4, -0.2) is 41.9 Å². The lowest BCUT2D eigenvalue weighted by molar-refractivity contribution is 0.114. The predicted molar refractivity (Wildman–Crippen MR) is 91.4 cm³/mol. The summed E-state index contributed by atoms with van der Waals surface area (Å²) in [5.74, 6) is 1.19. The monoisotopic (exact) mass is 320 g/mol. The molecular weight excluding hydrogens is 292 g/mol. The molecule has 3 N–H and O–H groups in total. The Hall–Kier alpha value is -1.82. The molecule has 0 spiro atoms. The lowest BCUT2D eigenvalue weighted by Crippen LogP contribution is -2.41. The molecule has 0 bridgehead atoms. The standard InChI is InChI=1S/C17H28N4O2/c1-3-13(2)15(22)12-20-17(23)19-11-14-6-7-16(18-10-14)21-8-4-5-9-21/h6-7,10,13,15,22H,3-5,8-9,11-12H2,1-2H3,(H2,19,20,23). The third kappa shape index (κ3) is 5.39. The van der Waals surface area contributed by atoms with Crippen molar-refractivity contribution in [3.05, 3.63) is 23.9 Å². The fraction of sp³-hybridized carbons (Fsp3) is 0.647. The molecule has 1 saturated heterocycles. The Bertz CT molecular complexity index is 486. The zero-order valence-corrected chi connectivity index (χ0v) is 14.1. The molecule has 0 aromatic carbocycles. The van der Waals surface area contributed by atoms with Crippen molar-refractivity contribution in [2.45, 2.75) is 45.8 Å². The second-order valence-electron chi connectivity index (χ2n) is 6.24. The van der Waals surface area contributed by atoms with Crippen LogP contribution in [0.25, 0.3) is 0 Å². The van der Waals surface area contributed by atoms with Gasteiger partial charge in [0.2, 0.25) is 0 Å². The first-order valence-corrected chi connectivity index (χ1v) is 8.49. The number of urea groups is 1. The van der Waals surface area contributed by atoms with E-state index in [1.165, 1.54) is 12.8 Å². The van der Waals surface area contributed by atoms with Gasteiger partial charge in [-0.25, -0.2) is 9.78 Å². The van der Waals surface area contributed by atoms with Crippen LogP contribution in [0.3, 0.4) is 0 Å². The van der Waals surface area contributed by atoms with Crippen molar-refractivity contribution in [3.63, 3.8) is 0 Å². The number of rotatable bonds is 7. The van der Waals surface area contributed by atoms with Gasteiger partial charge in [0.25, 0.3) is 0 Å². The highest BCUT2D eigenvalue weighted by atomic mass is 16.3. The molecule has 6 heteroatoms. The summed E-state index contributed by atoms with van der Waals surface area (Å²) in [7, 11) is 0. The van der Waals surface area contributed by atoms with Crippen LogP contribution in [0.1, 0.15) is 38.7 Å².